The highest BCUT2D eigenvalue weighted by atomic mass is 32.2. The summed E-state index contributed by atoms with van der Waals surface area (Å²) in [5.41, 5.74) is 0.293. The summed E-state index contributed by atoms with van der Waals surface area (Å²) < 4.78 is 43.5. The van der Waals surface area contributed by atoms with Gasteiger partial charge in [0, 0.05) is 6.07 Å². The first-order chi connectivity index (χ1) is 12.0. The number of ether oxygens (including phenoxy) is 3. The summed E-state index contributed by atoms with van der Waals surface area (Å²) >= 11 is 0. The first kappa shape index (κ1) is 17.1. The molecule has 8 heteroatoms. The van der Waals surface area contributed by atoms with Crippen LogP contribution >= 0.6 is 0 Å². The zero-order chi connectivity index (χ0) is 17.9. The fourth-order valence-corrected chi connectivity index (χ4v) is 3.45. The Hall–Kier alpha value is -2.74. The summed E-state index contributed by atoms with van der Waals surface area (Å²) in [7, 11) is -3.91. The molecule has 0 saturated heterocycles. The molecule has 1 N–H and O–H groups in total. The lowest BCUT2D eigenvalue weighted by atomic mass is 10.2. The van der Waals surface area contributed by atoms with Gasteiger partial charge in [0.2, 0.25) is 0 Å². The largest absolute Gasteiger partial charge is 0.486 e. The van der Waals surface area contributed by atoms with Crippen LogP contribution in [0.4, 0.5) is 5.69 Å². The minimum atomic E-state index is -3.91. The summed E-state index contributed by atoms with van der Waals surface area (Å²) in [5, 5.41) is 0. The van der Waals surface area contributed by atoms with E-state index in [0.29, 0.717) is 24.7 Å². The molecule has 2 aromatic carbocycles. The Morgan fingerprint density at radius 2 is 1.84 bits per heavy atom. The smallest absolute Gasteiger partial charge is 0.340 e. The number of carbonyl (C=O) groups is 1. The van der Waals surface area contributed by atoms with Gasteiger partial charge in [-0.2, -0.15) is 0 Å². The van der Waals surface area contributed by atoms with Gasteiger partial charge in [-0.1, -0.05) is 12.1 Å². The second-order valence-corrected chi connectivity index (χ2v) is 6.86. The number of esters is 1. The van der Waals surface area contributed by atoms with Crippen molar-refractivity contribution in [2.75, 3.05) is 24.5 Å². The van der Waals surface area contributed by atoms with E-state index in [-0.39, 0.29) is 22.8 Å². The molecular formula is C17H17NO6S. The molecule has 1 aliphatic rings. The van der Waals surface area contributed by atoms with Crippen molar-refractivity contribution >= 4 is 21.7 Å². The van der Waals surface area contributed by atoms with Crippen LogP contribution < -0.4 is 14.2 Å². The van der Waals surface area contributed by atoms with E-state index < -0.39 is 16.0 Å². The summed E-state index contributed by atoms with van der Waals surface area (Å²) in [6.45, 7) is 2.65. The molecule has 0 unspecified atom stereocenters. The molecule has 1 heterocycles. The van der Waals surface area contributed by atoms with Crippen LogP contribution in [-0.2, 0) is 14.8 Å². The van der Waals surface area contributed by atoms with E-state index in [9.17, 15) is 13.2 Å². The third kappa shape index (κ3) is 3.69. The molecule has 0 radical (unpaired) electrons. The minimum absolute atomic E-state index is 0.00964. The number of fused-ring (bicyclic) bond motifs is 1. The Morgan fingerprint density at radius 1 is 1.12 bits per heavy atom. The molecule has 2 aromatic rings. The highest BCUT2D eigenvalue weighted by Crippen LogP contribution is 2.33. The normalized spacial score (nSPS) is 13.2. The van der Waals surface area contributed by atoms with Crippen LogP contribution in [0.2, 0.25) is 0 Å². The molecule has 0 spiro atoms. The lowest BCUT2D eigenvalue weighted by Gasteiger charge is -2.19. The van der Waals surface area contributed by atoms with E-state index in [2.05, 4.69) is 4.72 Å². The SMILES string of the molecule is CCOC(=O)c1ccccc1NS(=O)(=O)c1ccc2c(c1)OCCO2. The molecule has 0 bridgehead atoms. The highest BCUT2D eigenvalue weighted by molar-refractivity contribution is 7.92. The van der Waals surface area contributed by atoms with Crippen molar-refractivity contribution in [1.29, 1.82) is 0 Å². The van der Waals surface area contributed by atoms with Crippen LogP contribution in [0.1, 0.15) is 17.3 Å². The first-order valence-corrected chi connectivity index (χ1v) is 9.18. The van der Waals surface area contributed by atoms with Crippen molar-refractivity contribution in [3.05, 3.63) is 48.0 Å². The number of sulfonamides is 1. The van der Waals surface area contributed by atoms with Crippen molar-refractivity contribution in [3.63, 3.8) is 0 Å². The zero-order valence-corrected chi connectivity index (χ0v) is 14.3. The maximum Gasteiger partial charge on any atom is 0.340 e. The summed E-state index contributed by atoms with van der Waals surface area (Å²) in [6.07, 6.45) is 0. The van der Waals surface area contributed by atoms with E-state index in [0.717, 1.165) is 0 Å². The Balaban J connectivity index is 1.91. The topological polar surface area (TPSA) is 90.9 Å². The van der Waals surface area contributed by atoms with Crippen LogP contribution in [0, 0.1) is 0 Å². The van der Waals surface area contributed by atoms with Gasteiger partial charge in [-0.3, -0.25) is 4.72 Å². The summed E-state index contributed by atoms with van der Waals surface area (Å²) in [5.74, 6) is 0.271. The van der Waals surface area contributed by atoms with E-state index in [1.54, 1.807) is 25.1 Å². The fourth-order valence-electron chi connectivity index (χ4n) is 2.35. The number of hydrogen-bond acceptors (Lipinski definition) is 6. The van der Waals surface area contributed by atoms with Crippen molar-refractivity contribution in [2.24, 2.45) is 0 Å². The second kappa shape index (κ2) is 7.02. The molecule has 0 aliphatic carbocycles. The number of benzene rings is 2. The van der Waals surface area contributed by atoms with Gasteiger partial charge < -0.3 is 14.2 Å². The van der Waals surface area contributed by atoms with Gasteiger partial charge >= 0.3 is 5.97 Å². The van der Waals surface area contributed by atoms with Gasteiger partial charge in [-0.25, -0.2) is 13.2 Å². The molecule has 0 atom stereocenters. The molecule has 132 valence electrons. The molecule has 0 saturated carbocycles. The van der Waals surface area contributed by atoms with Crippen molar-refractivity contribution in [2.45, 2.75) is 11.8 Å². The minimum Gasteiger partial charge on any atom is -0.486 e. The molecule has 0 fully saturated rings. The number of para-hydroxylation sites is 1. The number of anilines is 1. The fraction of sp³-hybridized carbons (Fsp3) is 0.235. The lowest BCUT2D eigenvalue weighted by molar-refractivity contribution is 0.0527. The Labute approximate surface area is 145 Å². The predicted octanol–water partition coefficient (Wildman–Crippen LogP) is 2.44. The highest BCUT2D eigenvalue weighted by Gasteiger charge is 2.22. The van der Waals surface area contributed by atoms with Gasteiger partial charge in [0.05, 0.1) is 22.8 Å². The average molecular weight is 363 g/mol. The van der Waals surface area contributed by atoms with Crippen LogP contribution in [0.3, 0.4) is 0 Å². The van der Waals surface area contributed by atoms with Gasteiger partial charge in [0.1, 0.15) is 13.2 Å². The van der Waals surface area contributed by atoms with Gasteiger partial charge in [0.15, 0.2) is 11.5 Å². The van der Waals surface area contributed by atoms with Crippen LogP contribution in [0.25, 0.3) is 0 Å². The molecule has 0 amide bonds. The standard InChI is InChI=1S/C17H17NO6S/c1-2-22-17(19)13-5-3-4-6-14(13)18-25(20,21)12-7-8-15-16(11-12)24-10-9-23-15/h3-8,11,18H,2,9-10H2,1H3. The Bertz CT molecular complexity index is 894. The van der Waals surface area contributed by atoms with Crippen molar-refractivity contribution < 1.29 is 27.4 Å². The maximum atomic E-state index is 12.7. The van der Waals surface area contributed by atoms with E-state index in [4.69, 9.17) is 14.2 Å². The van der Waals surface area contributed by atoms with E-state index in [1.807, 2.05) is 0 Å². The maximum absolute atomic E-state index is 12.7. The van der Waals surface area contributed by atoms with Crippen molar-refractivity contribution in [1.82, 2.24) is 0 Å². The average Bonchev–Trinajstić information content (AvgIpc) is 2.61. The first-order valence-electron chi connectivity index (χ1n) is 7.70. The lowest BCUT2D eigenvalue weighted by Crippen LogP contribution is -2.18. The van der Waals surface area contributed by atoms with Crippen molar-refractivity contribution in [3.8, 4) is 11.5 Å². The quantitative estimate of drug-likeness (QED) is 0.821. The number of rotatable bonds is 5. The third-order valence-electron chi connectivity index (χ3n) is 3.49. The third-order valence-corrected chi connectivity index (χ3v) is 4.85. The molecule has 7 nitrogen and oxygen atoms in total. The Kier molecular flexibility index (Phi) is 4.80. The van der Waals surface area contributed by atoms with E-state index >= 15 is 0 Å². The van der Waals surface area contributed by atoms with Gasteiger partial charge in [-0.05, 0) is 31.2 Å². The molecule has 1 aliphatic heterocycles. The molecule has 25 heavy (non-hydrogen) atoms. The molecule has 0 aromatic heterocycles. The monoisotopic (exact) mass is 363 g/mol. The number of hydrogen-bond donors (Lipinski definition) is 1. The molecular weight excluding hydrogens is 346 g/mol. The summed E-state index contributed by atoms with van der Waals surface area (Å²) in [4.78, 5) is 12.0. The Morgan fingerprint density at radius 3 is 2.60 bits per heavy atom. The van der Waals surface area contributed by atoms with Crippen LogP contribution in [-0.4, -0.2) is 34.2 Å². The zero-order valence-electron chi connectivity index (χ0n) is 13.5. The van der Waals surface area contributed by atoms with E-state index in [1.165, 1.54) is 24.3 Å². The van der Waals surface area contributed by atoms with Gasteiger partial charge in [0.25, 0.3) is 10.0 Å². The van der Waals surface area contributed by atoms with Crippen LogP contribution in [0.15, 0.2) is 47.4 Å². The van der Waals surface area contributed by atoms with Gasteiger partial charge in [-0.15, -0.1) is 0 Å². The van der Waals surface area contributed by atoms with Crippen LogP contribution in [0.5, 0.6) is 11.5 Å². The number of nitrogens with one attached hydrogen (secondary N) is 1. The number of carbonyl (C=O) groups excluding carboxylic acids is 1. The predicted molar refractivity (Wildman–Crippen MR) is 90.6 cm³/mol. The molecule has 3 rings (SSSR count). The summed E-state index contributed by atoms with van der Waals surface area (Å²) in [6, 6.07) is 10.6. The second-order valence-electron chi connectivity index (χ2n) is 5.18.